The Kier molecular flexibility index (Phi) is 1.42. The van der Waals surface area contributed by atoms with Crippen molar-refractivity contribution in [3.8, 4) is 11.8 Å². The lowest BCUT2D eigenvalue weighted by atomic mass is 10.5. The van der Waals surface area contributed by atoms with Crippen LogP contribution in [0, 0.1) is 6.92 Å². The van der Waals surface area contributed by atoms with Gasteiger partial charge in [0.25, 0.3) is 11.8 Å². The van der Waals surface area contributed by atoms with Gasteiger partial charge in [0, 0.05) is 0 Å². The van der Waals surface area contributed by atoms with Gasteiger partial charge in [-0.2, -0.15) is 4.98 Å². The summed E-state index contributed by atoms with van der Waals surface area (Å²) in [5.41, 5.74) is 7.27. The molecule has 0 atom stereocenters. The largest absolute Gasteiger partial charge is 0.443 e. The highest BCUT2D eigenvalue weighted by Crippen LogP contribution is 2.28. The molecule has 0 spiro atoms. The van der Waals surface area contributed by atoms with Gasteiger partial charge in [-0.3, -0.25) is 0 Å². The van der Waals surface area contributed by atoms with Gasteiger partial charge in [-0.1, -0.05) is 0 Å². The second kappa shape index (κ2) is 2.63. The van der Waals surface area contributed by atoms with Crippen molar-refractivity contribution >= 4 is 17.0 Å². The Bertz CT molecular complexity index is 619. The summed E-state index contributed by atoms with van der Waals surface area (Å²) >= 11 is 0. The number of oxazole rings is 2. The fraction of sp³-hybridized carbons (Fsp3) is 0.111. The SMILES string of the molecule is Cc1coc(-c2nc3c(N)occ3o2)n1. The first-order valence-electron chi connectivity index (χ1n) is 4.30. The molecule has 3 rings (SSSR count). The van der Waals surface area contributed by atoms with Gasteiger partial charge in [-0.05, 0) is 6.92 Å². The van der Waals surface area contributed by atoms with Crippen LogP contribution in [0.5, 0.6) is 0 Å². The molecule has 0 aliphatic rings. The highest BCUT2D eigenvalue weighted by atomic mass is 16.4. The maximum Gasteiger partial charge on any atom is 0.285 e. The molecule has 0 saturated carbocycles. The third-order valence-corrected chi connectivity index (χ3v) is 1.98. The van der Waals surface area contributed by atoms with Gasteiger partial charge >= 0.3 is 0 Å². The molecule has 6 heteroatoms. The fourth-order valence-corrected chi connectivity index (χ4v) is 1.30. The standard InChI is InChI=1S/C9H7N3O3/c1-4-2-14-8(11-4)9-12-6-5(15-9)3-13-7(6)10/h2-3H,10H2,1H3. The maximum absolute atomic E-state index is 5.53. The van der Waals surface area contributed by atoms with E-state index >= 15 is 0 Å². The van der Waals surface area contributed by atoms with Crippen LogP contribution >= 0.6 is 0 Å². The van der Waals surface area contributed by atoms with Gasteiger partial charge in [0.2, 0.25) is 5.88 Å². The first-order valence-corrected chi connectivity index (χ1v) is 4.30. The van der Waals surface area contributed by atoms with Crippen molar-refractivity contribution < 1.29 is 13.3 Å². The number of nitrogens with two attached hydrogens (primary N) is 1. The number of anilines is 1. The van der Waals surface area contributed by atoms with Gasteiger partial charge < -0.3 is 19.0 Å². The van der Waals surface area contributed by atoms with Gasteiger partial charge in [0.15, 0.2) is 11.1 Å². The third kappa shape index (κ3) is 1.11. The minimum atomic E-state index is 0.225. The van der Waals surface area contributed by atoms with E-state index in [-0.39, 0.29) is 5.88 Å². The van der Waals surface area contributed by atoms with Crippen LogP contribution in [-0.2, 0) is 0 Å². The molecule has 0 fully saturated rings. The second-order valence-electron chi connectivity index (χ2n) is 3.13. The highest BCUT2D eigenvalue weighted by Gasteiger charge is 2.16. The quantitative estimate of drug-likeness (QED) is 0.652. The molecule has 0 saturated heterocycles. The van der Waals surface area contributed by atoms with E-state index < -0.39 is 0 Å². The van der Waals surface area contributed by atoms with Crippen LogP contribution < -0.4 is 5.73 Å². The van der Waals surface area contributed by atoms with Crippen molar-refractivity contribution in [2.24, 2.45) is 0 Å². The average molecular weight is 205 g/mol. The van der Waals surface area contributed by atoms with Crippen molar-refractivity contribution in [2.75, 3.05) is 5.73 Å². The number of nitrogens with zero attached hydrogens (tertiary/aromatic N) is 2. The van der Waals surface area contributed by atoms with Crippen LogP contribution in [0.25, 0.3) is 22.9 Å². The zero-order chi connectivity index (χ0) is 10.4. The van der Waals surface area contributed by atoms with Crippen LogP contribution in [0.15, 0.2) is 25.8 Å². The number of hydrogen-bond donors (Lipinski definition) is 1. The van der Waals surface area contributed by atoms with E-state index in [4.69, 9.17) is 19.0 Å². The van der Waals surface area contributed by atoms with Crippen molar-refractivity contribution in [1.29, 1.82) is 0 Å². The minimum Gasteiger partial charge on any atom is -0.443 e. The van der Waals surface area contributed by atoms with Crippen LogP contribution in [0.4, 0.5) is 5.88 Å². The summed E-state index contributed by atoms with van der Waals surface area (Å²) in [6, 6.07) is 0. The first-order chi connectivity index (χ1) is 7.24. The molecule has 3 heterocycles. The van der Waals surface area contributed by atoms with E-state index in [1.54, 1.807) is 0 Å². The monoisotopic (exact) mass is 205 g/mol. The molecule has 3 aromatic heterocycles. The molecule has 2 N–H and O–H groups in total. The van der Waals surface area contributed by atoms with Crippen molar-refractivity contribution in [2.45, 2.75) is 6.92 Å². The second-order valence-corrected chi connectivity index (χ2v) is 3.13. The predicted molar refractivity (Wildman–Crippen MR) is 50.9 cm³/mol. The fourth-order valence-electron chi connectivity index (χ4n) is 1.30. The van der Waals surface area contributed by atoms with Gasteiger partial charge in [-0.15, -0.1) is 0 Å². The number of aryl methyl sites for hydroxylation is 1. The molecule has 0 bridgehead atoms. The van der Waals surface area contributed by atoms with E-state index in [0.29, 0.717) is 22.9 Å². The molecular formula is C9H7N3O3. The van der Waals surface area contributed by atoms with Crippen molar-refractivity contribution in [1.82, 2.24) is 9.97 Å². The maximum atomic E-state index is 5.53. The van der Waals surface area contributed by atoms with Crippen LogP contribution in [0.1, 0.15) is 5.69 Å². The van der Waals surface area contributed by atoms with Gasteiger partial charge in [0.1, 0.15) is 12.5 Å². The number of rotatable bonds is 1. The Morgan fingerprint density at radius 1 is 1.13 bits per heavy atom. The summed E-state index contributed by atoms with van der Waals surface area (Å²) in [4.78, 5) is 8.21. The topological polar surface area (TPSA) is 91.2 Å². The smallest absolute Gasteiger partial charge is 0.285 e. The predicted octanol–water partition coefficient (Wildman–Crippen LogP) is 1.97. The van der Waals surface area contributed by atoms with E-state index in [9.17, 15) is 0 Å². The molecule has 0 aliphatic heterocycles. The number of aromatic nitrogens is 2. The van der Waals surface area contributed by atoms with Gasteiger partial charge in [0.05, 0.1) is 5.69 Å². The van der Waals surface area contributed by atoms with E-state index in [2.05, 4.69) is 9.97 Å². The number of hydrogen-bond acceptors (Lipinski definition) is 6. The Labute approximate surface area is 83.7 Å². The molecule has 0 radical (unpaired) electrons. The molecule has 6 nitrogen and oxygen atoms in total. The molecule has 0 unspecified atom stereocenters. The Hall–Kier alpha value is -2.24. The molecular weight excluding hydrogens is 198 g/mol. The third-order valence-electron chi connectivity index (χ3n) is 1.98. The summed E-state index contributed by atoms with van der Waals surface area (Å²) in [6.07, 6.45) is 2.93. The molecule has 0 aromatic carbocycles. The zero-order valence-corrected chi connectivity index (χ0v) is 7.85. The average Bonchev–Trinajstić information content (AvgIpc) is 2.84. The summed E-state index contributed by atoms with van der Waals surface area (Å²) in [6.45, 7) is 1.82. The summed E-state index contributed by atoms with van der Waals surface area (Å²) in [5, 5.41) is 0. The van der Waals surface area contributed by atoms with E-state index in [1.807, 2.05) is 6.92 Å². The van der Waals surface area contributed by atoms with Crippen molar-refractivity contribution in [3.05, 3.63) is 18.2 Å². The number of fused-ring (bicyclic) bond motifs is 1. The van der Waals surface area contributed by atoms with Crippen LogP contribution in [0.3, 0.4) is 0 Å². The van der Waals surface area contributed by atoms with Crippen LogP contribution in [0.2, 0.25) is 0 Å². The molecule has 0 aliphatic carbocycles. The van der Waals surface area contributed by atoms with E-state index in [1.165, 1.54) is 12.5 Å². The van der Waals surface area contributed by atoms with E-state index in [0.717, 1.165) is 5.69 Å². The summed E-state index contributed by atoms with van der Waals surface area (Å²) < 4.78 is 15.4. The normalized spacial score (nSPS) is 11.3. The minimum absolute atomic E-state index is 0.225. The lowest BCUT2D eigenvalue weighted by molar-refractivity contribution is 0.517. The van der Waals surface area contributed by atoms with Crippen LogP contribution in [-0.4, -0.2) is 9.97 Å². The molecule has 15 heavy (non-hydrogen) atoms. The molecule has 0 amide bonds. The highest BCUT2D eigenvalue weighted by molar-refractivity contribution is 5.83. The molecule has 76 valence electrons. The lowest BCUT2D eigenvalue weighted by Crippen LogP contribution is -1.81. The van der Waals surface area contributed by atoms with Crippen molar-refractivity contribution in [3.63, 3.8) is 0 Å². The zero-order valence-electron chi connectivity index (χ0n) is 7.85. The number of furan rings is 1. The Balaban J connectivity index is 2.19. The summed E-state index contributed by atoms with van der Waals surface area (Å²) in [5.74, 6) is 0.863. The summed E-state index contributed by atoms with van der Waals surface area (Å²) in [7, 11) is 0. The Morgan fingerprint density at radius 2 is 2.00 bits per heavy atom. The Morgan fingerprint density at radius 3 is 2.67 bits per heavy atom. The number of nitrogen functional groups attached to an aromatic ring is 1. The molecule has 3 aromatic rings. The first kappa shape index (κ1) is 8.10. The van der Waals surface area contributed by atoms with Gasteiger partial charge in [-0.25, -0.2) is 4.98 Å². The lowest BCUT2D eigenvalue weighted by Gasteiger charge is -1.84.